The Kier molecular flexibility index (Phi) is 4.06. The van der Waals surface area contributed by atoms with Crippen LogP contribution in [0.15, 0.2) is 29.1 Å². The van der Waals surface area contributed by atoms with Gasteiger partial charge in [-0.2, -0.15) is 0 Å². The quantitative estimate of drug-likeness (QED) is 0.885. The minimum atomic E-state index is -0.338. The van der Waals surface area contributed by atoms with E-state index in [1.165, 1.54) is 18.2 Å². The van der Waals surface area contributed by atoms with Crippen LogP contribution in [0, 0.1) is 12.7 Å². The van der Waals surface area contributed by atoms with Crippen LogP contribution in [0.3, 0.4) is 0 Å². The second-order valence-corrected chi connectivity index (χ2v) is 4.38. The standard InChI is InChI=1S/C14H16FN3O/c1-3-16-8-12-7-13(19)18-14(17-12)10-4-9(2)5-11(15)6-10/h4-7,16H,3,8H2,1-2H3,(H,17,18,19). The molecule has 2 rings (SSSR count). The lowest BCUT2D eigenvalue weighted by Gasteiger charge is -2.06. The zero-order valence-corrected chi connectivity index (χ0v) is 11.0. The highest BCUT2D eigenvalue weighted by molar-refractivity contribution is 5.56. The van der Waals surface area contributed by atoms with E-state index in [9.17, 15) is 9.18 Å². The van der Waals surface area contributed by atoms with Crippen molar-refractivity contribution in [1.82, 2.24) is 15.3 Å². The summed E-state index contributed by atoms with van der Waals surface area (Å²) in [5.41, 5.74) is 1.77. The van der Waals surface area contributed by atoms with E-state index in [0.29, 0.717) is 23.6 Å². The molecule has 0 aliphatic carbocycles. The molecule has 2 N–H and O–H groups in total. The van der Waals surface area contributed by atoms with Crippen molar-refractivity contribution < 1.29 is 4.39 Å². The van der Waals surface area contributed by atoms with Gasteiger partial charge in [0.15, 0.2) is 0 Å². The maximum Gasteiger partial charge on any atom is 0.251 e. The first-order chi connectivity index (χ1) is 9.08. The van der Waals surface area contributed by atoms with Gasteiger partial charge >= 0.3 is 0 Å². The van der Waals surface area contributed by atoms with Crippen molar-refractivity contribution in [3.63, 3.8) is 0 Å². The van der Waals surface area contributed by atoms with E-state index in [-0.39, 0.29) is 11.4 Å². The molecule has 1 heterocycles. The number of hydrogen-bond acceptors (Lipinski definition) is 3. The molecule has 0 atom stereocenters. The SMILES string of the molecule is CCNCc1cc(=O)[nH]c(-c2cc(C)cc(F)c2)n1. The molecule has 0 bridgehead atoms. The smallest absolute Gasteiger partial charge is 0.251 e. The molecular weight excluding hydrogens is 245 g/mol. The highest BCUT2D eigenvalue weighted by Gasteiger charge is 2.06. The van der Waals surface area contributed by atoms with Crippen LogP contribution in [-0.2, 0) is 6.54 Å². The number of rotatable bonds is 4. The van der Waals surface area contributed by atoms with Crippen LogP contribution in [-0.4, -0.2) is 16.5 Å². The van der Waals surface area contributed by atoms with Gasteiger partial charge in [-0.1, -0.05) is 6.92 Å². The van der Waals surface area contributed by atoms with Crippen LogP contribution in [0.5, 0.6) is 0 Å². The largest absolute Gasteiger partial charge is 0.311 e. The maximum absolute atomic E-state index is 13.4. The topological polar surface area (TPSA) is 57.8 Å². The number of benzene rings is 1. The number of H-pyrrole nitrogens is 1. The average molecular weight is 261 g/mol. The van der Waals surface area contributed by atoms with Gasteiger partial charge in [-0.25, -0.2) is 9.37 Å². The summed E-state index contributed by atoms with van der Waals surface area (Å²) >= 11 is 0. The number of aromatic amines is 1. The van der Waals surface area contributed by atoms with Crippen molar-refractivity contribution in [2.45, 2.75) is 20.4 Å². The van der Waals surface area contributed by atoms with Gasteiger partial charge in [0.25, 0.3) is 5.56 Å². The first kappa shape index (κ1) is 13.4. The molecule has 0 aliphatic heterocycles. The molecule has 19 heavy (non-hydrogen) atoms. The van der Waals surface area contributed by atoms with Gasteiger partial charge in [0.1, 0.15) is 11.6 Å². The Balaban J connectivity index is 2.43. The second kappa shape index (κ2) is 5.75. The van der Waals surface area contributed by atoms with Crippen LogP contribution in [0.4, 0.5) is 4.39 Å². The Morgan fingerprint density at radius 1 is 1.32 bits per heavy atom. The Morgan fingerprint density at radius 2 is 2.11 bits per heavy atom. The predicted molar refractivity (Wildman–Crippen MR) is 72.4 cm³/mol. The number of aromatic nitrogens is 2. The molecular formula is C14H16FN3O. The summed E-state index contributed by atoms with van der Waals surface area (Å²) in [4.78, 5) is 18.6. The van der Waals surface area contributed by atoms with Crippen molar-refractivity contribution >= 4 is 0 Å². The lowest BCUT2D eigenvalue weighted by atomic mass is 10.1. The Labute approximate surface area is 110 Å². The van der Waals surface area contributed by atoms with Gasteiger partial charge < -0.3 is 10.3 Å². The molecule has 5 heteroatoms. The minimum Gasteiger partial charge on any atom is -0.311 e. The number of hydrogen-bond donors (Lipinski definition) is 2. The molecule has 4 nitrogen and oxygen atoms in total. The zero-order valence-electron chi connectivity index (χ0n) is 11.0. The van der Waals surface area contributed by atoms with E-state index < -0.39 is 0 Å². The highest BCUT2D eigenvalue weighted by atomic mass is 19.1. The third-order valence-electron chi connectivity index (χ3n) is 2.67. The lowest BCUT2D eigenvalue weighted by Crippen LogP contribution is -2.17. The fraction of sp³-hybridized carbons (Fsp3) is 0.286. The third-order valence-corrected chi connectivity index (χ3v) is 2.67. The van der Waals surface area contributed by atoms with Crippen LogP contribution < -0.4 is 10.9 Å². The van der Waals surface area contributed by atoms with Crippen molar-refractivity contribution in [3.05, 3.63) is 51.7 Å². The molecule has 0 unspecified atom stereocenters. The van der Waals surface area contributed by atoms with Gasteiger partial charge in [-0.15, -0.1) is 0 Å². The molecule has 0 saturated heterocycles. The fourth-order valence-corrected chi connectivity index (χ4v) is 1.86. The van der Waals surface area contributed by atoms with Gasteiger partial charge in [-0.05, 0) is 37.2 Å². The summed E-state index contributed by atoms with van der Waals surface area (Å²) in [5, 5.41) is 3.10. The predicted octanol–water partition coefficient (Wildman–Crippen LogP) is 1.99. The molecule has 0 amide bonds. The highest BCUT2D eigenvalue weighted by Crippen LogP contribution is 2.17. The number of halogens is 1. The normalized spacial score (nSPS) is 10.7. The molecule has 2 aromatic rings. The summed E-state index contributed by atoms with van der Waals surface area (Å²) < 4.78 is 13.4. The van der Waals surface area contributed by atoms with Crippen molar-refractivity contribution in [1.29, 1.82) is 0 Å². The lowest BCUT2D eigenvalue weighted by molar-refractivity contribution is 0.627. The zero-order chi connectivity index (χ0) is 13.8. The molecule has 1 aromatic carbocycles. The summed E-state index contributed by atoms with van der Waals surface area (Å²) in [7, 11) is 0. The van der Waals surface area contributed by atoms with E-state index in [1.807, 2.05) is 6.92 Å². The monoisotopic (exact) mass is 261 g/mol. The van der Waals surface area contributed by atoms with Crippen LogP contribution in [0.25, 0.3) is 11.4 Å². The molecule has 0 spiro atoms. The molecule has 100 valence electrons. The van der Waals surface area contributed by atoms with E-state index in [2.05, 4.69) is 15.3 Å². The third kappa shape index (κ3) is 3.48. The van der Waals surface area contributed by atoms with E-state index in [1.54, 1.807) is 13.0 Å². The number of nitrogens with zero attached hydrogens (tertiary/aromatic N) is 1. The summed E-state index contributed by atoms with van der Waals surface area (Å²) in [6, 6.07) is 6.03. The first-order valence-electron chi connectivity index (χ1n) is 6.17. The average Bonchev–Trinajstić information content (AvgIpc) is 2.34. The number of nitrogens with one attached hydrogen (secondary N) is 2. The Hall–Kier alpha value is -2.01. The van der Waals surface area contributed by atoms with Gasteiger partial charge in [0.05, 0.1) is 5.69 Å². The van der Waals surface area contributed by atoms with Gasteiger partial charge in [0.2, 0.25) is 0 Å². The molecule has 0 radical (unpaired) electrons. The van der Waals surface area contributed by atoms with E-state index >= 15 is 0 Å². The van der Waals surface area contributed by atoms with Crippen LogP contribution in [0.1, 0.15) is 18.2 Å². The molecule has 1 aromatic heterocycles. The van der Waals surface area contributed by atoms with E-state index in [0.717, 1.165) is 12.1 Å². The first-order valence-corrected chi connectivity index (χ1v) is 6.17. The summed E-state index contributed by atoms with van der Waals surface area (Å²) in [6.07, 6.45) is 0. The Bertz CT molecular complexity index is 617. The van der Waals surface area contributed by atoms with Crippen molar-refractivity contribution in [2.24, 2.45) is 0 Å². The van der Waals surface area contributed by atoms with Gasteiger partial charge in [0, 0.05) is 18.2 Å². The Morgan fingerprint density at radius 3 is 2.79 bits per heavy atom. The molecule has 0 fully saturated rings. The maximum atomic E-state index is 13.4. The van der Waals surface area contributed by atoms with Crippen LogP contribution in [0.2, 0.25) is 0 Å². The second-order valence-electron chi connectivity index (χ2n) is 4.38. The van der Waals surface area contributed by atoms with Crippen molar-refractivity contribution in [3.8, 4) is 11.4 Å². The fourth-order valence-electron chi connectivity index (χ4n) is 1.86. The summed E-state index contributed by atoms with van der Waals surface area (Å²) in [5.74, 6) is 0.0535. The van der Waals surface area contributed by atoms with Crippen LogP contribution >= 0.6 is 0 Å². The number of aryl methyl sites for hydroxylation is 1. The van der Waals surface area contributed by atoms with Gasteiger partial charge in [-0.3, -0.25) is 4.79 Å². The molecule has 0 aliphatic rings. The van der Waals surface area contributed by atoms with Crippen molar-refractivity contribution in [2.75, 3.05) is 6.54 Å². The minimum absolute atomic E-state index is 0.236. The summed E-state index contributed by atoms with van der Waals surface area (Å²) in [6.45, 7) is 5.09. The molecule has 0 saturated carbocycles. The van der Waals surface area contributed by atoms with E-state index in [4.69, 9.17) is 0 Å².